The summed E-state index contributed by atoms with van der Waals surface area (Å²) >= 11 is 1.45. The number of carboxylic acid groups (broad SMARTS) is 1. The fraction of sp³-hybridized carbons (Fsp3) is 0.583. The fourth-order valence-corrected chi connectivity index (χ4v) is 2.10. The zero-order valence-electron chi connectivity index (χ0n) is 10.6. The maximum atomic E-state index is 11.6. The fourth-order valence-electron chi connectivity index (χ4n) is 1.50. The van der Waals surface area contributed by atoms with Gasteiger partial charge in [0.2, 0.25) is 0 Å². The van der Waals surface area contributed by atoms with Crippen LogP contribution < -0.4 is 5.32 Å². The summed E-state index contributed by atoms with van der Waals surface area (Å²) in [6, 6.07) is 0. The molecule has 0 aliphatic carbocycles. The molecule has 6 heteroatoms. The molecule has 1 rings (SSSR count). The summed E-state index contributed by atoms with van der Waals surface area (Å²) in [6.45, 7) is 4.40. The van der Waals surface area contributed by atoms with Crippen molar-refractivity contribution >= 4 is 23.2 Å². The van der Waals surface area contributed by atoms with Gasteiger partial charge in [-0.15, -0.1) is 11.3 Å². The number of aryl methyl sites for hydroxylation is 1. The third kappa shape index (κ3) is 5.27. The van der Waals surface area contributed by atoms with E-state index >= 15 is 0 Å². The monoisotopic (exact) mass is 270 g/mol. The van der Waals surface area contributed by atoms with E-state index in [0.29, 0.717) is 24.6 Å². The number of nitrogens with one attached hydrogen (secondary N) is 1. The molecule has 0 fully saturated rings. The second-order valence-corrected chi connectivity index (χ2v) is 5.40. The second-order valence-electron chi connectivity index (χ2n) is 4.33. The Bertz CT molecular complexity index is 417. The standard InChI is InChI=1S/C12H18N2O3S/c1-8(3-4-11(15)16)5-6-13-12(17)10-7-18-9(2)14-10/h7-8H,3-6H2,1-2H3,(H,13,17)(H,15,16). The number of thiazole rings is 1. The van der Waals surface area contributed by atoms with Crippen LogP contribution in [0.4, 0.5) is 0 Å². The number of nitrogens with zero attached hydrogens (tertiary/aromatic N) is 1. The Balaban J connectivity index is 2.21. The Hall–Kier alpha value is -1.43. The van der Waals surface area contributed by atoms with E-state index in [1.807, 2.05) is 13.8 Å². The lowest BCUT2D eigenvalue weighted by molar-refractivity contribution is -0.137. The van der Waals surface area contributed by atoms with E-state index in [-0.39, 0.29) is 12.3 Å². The minimum Gasteiger partial charge on any atom is -0.481 e. The lowest BCUT2D eigenvalue weighted by Gasteiger charge is -2.10. The van der Waals surface area contributed by atoms with Crippen molar-refractivity contribution in [3.8, 4) is 0 Å². The maximum Gasteiger partial charge on any atom is 0.303 e. The Morgan fingerprint density at radius 3 is 2.78 bits per heavy atom. The third-order valence-corrected chi connectivity index (χ3v) is 3.40. The van der Waals surface area contributed by atoms with Gasteiger partial charge in [-0.3, -0.25) is 9.59 Å². The summed E-state index contributed by atoms with van der Waals surface area (Å²) in [5.74, 6) is -0.646. The van der Waals surface area contributed by atoms with Gasteiger partial charge < -0.3 is 10.4 Å². The number of carbonyl (C=O) groups is 2. The first-order valence-corrected chi connectivity index (χ1v) is 6.79. The molecule has 0 radical (unpaired) electrons. The highest BCUT2D eigenvalue weighted by Gasteiger charge is 2.10. The third-order valence-electron chi connectivity index (χ3n) is 2.63. The molecule has 1 atom stereocenters. The molecule has 1 heterocycles. The van der Waals surface area contributed by atoms with Crippen LogP contribution in [0.3, 0.4) is 0 Å². The van der Waals surface area contributed by atoms with Gasteiger partial charge in [-0.25, -0.2) is 4.98 Å². The van der Waals surface area contributed by atoms with Crippen LogP contribution in [0.5, 0.6) is 0 Å². The lowest BCUT2D eigenvalue weighted by atomic mass is 10.0. The molecule has 2 N–H and O–H groups in total. The zero-order chi connectivity index (χ0) is 13.5. The molecule has 18 heavy (non-hydrogen) atoms. The number of aromatic nitrogens is 1. The van der Waals surface area contributed by atoms with E-state index in [0.717, 1.165) is 11.4 Å². The van der Waals surface area contributed by atoms with Crippen LogP contribution in [0.2, 0.25) is 0 Å². The van der Waals surface area contributed by atoms with Crippen molar-refractivity contribution in [3.63, 3.8) is 0 Å². The molecule has 0 bridgehead atoms. The van der Waals surface area contributed by atoms with Crippen molar-refractivity contribution in [2.45, 2.75) is 33.1 Å². The summed E-state index contributed by atoms with van der Waals surface area (Å²) in [4.78, 5) is 26.1. The highest BCUT2D eigenvalue weighted by Crippen LogP contribution is 2.10. The quantitative estimate of drug-likeness (QED) is 0.795. The average molecular weight is 270 g/mol. The summed E-state index contributed by atoms with van der Waals surface area (Å²) < 4.78 is 0. The highest BCUT2D eigenvalue weighted by molar-refractivity contribution is 7.09. The van der Waals surface area contributed by atoms with Crippen LogP contribution in [0.15, 0.2) is 5.38 Å². The predicted octanol–water partition coefficient (Wildman–Crippen LogP) is 2.07. The van der Waals surface area contributed by atoms with Gasteiger partial charge in [0.05, 0.1) is 5.01 Å². The van der Waals surface area contributed by atoms with Crippen molar-refractivity contribution in [2.75, 3.05) is 6.54 Å². The molecule has 0 saturated carbocycles. The molecule has 0 saturated heterocycles. The van der Waals surface area contributed by atoms with E-state index in [2.05, 4.69) is 10.3 Å². The Morgan fingerprint density at radius 1 is 1.50 bits per heavy atom. The van der Waals surface area contributed by atoms with Crippen LogP contribution in [0.1, 0.15) is 41.7 Å². The number of hydrogen-bond acceptors (Lipinski definition) is 4. The first kappa shape index (κ1) is 14.6. The first-order chi connectivity index (χ1) is 8.49. The summed E-state index contributed by atoms with van der Waals surface area (Å²) in [5, 5.41) is 13.9. The largest absolute Gasteiger partial charge is 0.481 e. The molecular formula is C12H18N2O3S. The van der Waals surface area contributed by atoms with Crippen molar-refractivity contribution in [2.24, 2.45) is 5.92 Å². The Morgan fingerprint density at radius 2 is 2.22 bits per heavy atom. The molecule has 1 unspecified atom stereocenters. The molecule has 0 aliphatic rings. The molecule has 1 amide bonds. The topological polar surface area (TPSA) is 79.3 Å². The van der Waals surface area contributed by atoms with Crippen LogP contribution in [-0.4, -0.2) is 28.5 Å². The molecule has 0 aromatic carbocycles. The van der Waals surface area contributed by atoms with Gasteiger partial charge in [-0.05, 0) is 25.7 Å². The van der Waals surface area contributed by atoms with Crippen LogP contribution in [0, 0.1) is 12.8 Å². The minimum absolute atomic E-state index is 0.162. The molecule has 1 aromatic heterocycles. The van der Waals surface area contributed by atoms with E-state index in [1.165, 1.54) is 11.3 Å². The summed E-state index contributed by atoms with van der Waals surface area (Å²) in [7, 11) is 0. The maximum absolute atomic E-state index is 11.6. The van der Waals surface area contributed by atoms with Gasteiger partial charge in [-0.1, -0.05) is 6.92 Å². The highest BCUT2D eigenvalue weighted by atomic mass is 32.1. The van der Waals surface area contributed by atoms with Crippen molar-refractivity contribution in [3.05, 3.63) is 16.1 Å². The van der Waals surface area contributed by atoms with Gasteiger partial charge in [0, 0.05) is 18.3 Å². The normalized spacial score (nSPS) is 12.1. The lowest BCUT2D eigenvalue weighted by Crippen LogP contribution is -2.26. The zero-order valence-corrected chi connectivity index (χ0v) is 11.4. The Kier molecular flexibility index (Phi) is 5.77. The van der Waals surface area contributed by atoms with Crippen molar-refractivity contribution < 1.29 is 14.7 Å². The molecule has 0 spiro atoms. The number of carbonyl (C=O) groups excluding carboxylic acids is 1. The average Bonchev–Trinajstić information content (AvgIpc) is 2.73. The van der Waals surface area contributed by atoms with Crippen LogP contribution >= 0.6 is 11.3 Å². The van der Waals surface area contributed by atoms with Crippen LogP contribution in [0.25, 0.3) is 0 Å². The smallest absolute Gasteiger partial charge is 0.303 e. The van der Waals surface area contributed by atoms with E-state index in [9.17, 15) is 9.59 Å². The number of carboxylic acids is 1. The van der Waals surface area contributed by atoms with Gasteiger partial charge in [0.1, 0.15) is 5.69 Å². The molecule has 1 aromatic rings. The van der Waals surface area contributed by atoms with Gasteiger partial charge in [0.25, 0.3) is 5.91 Å². The van der Waals surface area contributed by atoms with Crippen LogP contribution in [-0.2, 0) is 4.79 Å². The Labute approximate surface area is 110 Å². The minimum atomic E-state index is -0.774. The SMILES string of the molecule is Cc1nc(C(=O)NCCC(C)CCC(=O)O)cs1. The van der Waals surface area contributed by atoms with E-state index < -0.39 is 5.97 Å². The molecule has 100 valence electrons. The van der Waals surface area contributed by atoms with E-state index in [4.69, 9.17) is 5.11 Å². The van der Waals surface area contributed by atoms with Gasteiger partial charge in [0.15, 0.2) is 0 Å². The van der Waals surface area contributed by atoms with E-state index in [1.54, 1.807) is 5.38 Å². The van der Waals surface area contributed by atoms with Crippen molar-refractivity contribution in [1.82, 2.24) is 10.3 Å². The number of aliphatic carboxylic acids is 1. The number of rotatable bonds is 7. The first-order valence-electron chi connectivity index (χ1n) is 5.91. The van der Waals surface area contributed by atoms with Gasteiger partial charge >= 0.3 is 5.97 Å². The molecular weight excluding hydrogens is 252 g/mol. The summed E-state index contributed by atoms with van der Waals surface area (Å²) in [5.41, 5.74) is 0.454. The summed E-state index contributed by atoms with van der Waals surface area (Å²) in [6.07, 6.45) is 1.60. The van der Waals surface area contributed by atoms with Crippen molar-refractivity contribution in [1.29, 1.82) is 0 Å². The second kappa shape index (κ2) is 7.10. The number of amides is 1. The molecule has 5 nitrogen and oxygen atoms in total. The van der Waals surface area contributed by atoms with Gasteiger partial charge in [-0.2, -0.15) is 0 Å². The number of hydrogen-bond donors (Lipinski definition) is 2. The molecule has 0 aliphatic heterocycles. The predicted molar refractivity (Wildman–Crippen MR) is 69.8 cm³/mol.